The van der Waals surface area contributed by atoms with Crippen LogP contribution in [0.15, 0.2) is 5.16 Å². The van der Waals surface area contributed by atoms with Crippen molar-refractivity contribution in [1.29, 1.82) is 0 Å². The SMILES string of the molecule is CCOC(=O)[C@@H]1C[C@H]2ON=C(C)C2[C@@H]1NC(=O)OC(C)(C)C. The van der Waals surface area contributed by atoms with Crippen molar-refractivity contribution < 1.29 is 23.9 Å². The summed E-state index contributed by atoms with van der Waals surface area (Å²) in [6.07, 6.45) is -0.272. The Labute approximate surface area is 130 Å². The second-order valence-corrected chi connectivity index (χ2v) is 6.67. The Kier molecular flexibility index (Phi) is 4.63. The number of nitrogens with one attached hydrogen (secondary N) is 1. The molecular weight excluding hydrogens is 288 g/mol. The van der Waals surface area contributed by atoms with Gasteiger partial charge in [0, 0.05) is 6.42 Å². The smallest absolute Gasteiger partial charge is 0.407 e. The van der Waals surface area contributed by atoms with E-state index in [1.807, 2.05) is 6.92 Å². The number of oxime groups is 1. The standard InChI is InChI=1S/C15H24N2O5/c1-6-20-13(18)9-7-10-11(8(2)17-22-10)12(9)16-14(19)21-15(3,4)5/h9-12H,6-7H2,1-5H3,(H,16,19)/t9-,10-,11?,12-/m1/s1. The molecule has 0 aromatic carbocycles. The summed E-state index contributed by atoms with van der Waals surface area (Å²) in [5.74, 6) is -0.899. The molecule has 0 aromatic rings. The summed E-state index contributed by atoms with van der Waals surface area (Å²) in [4.78, 5) is 29.6. The van der Waals surface area contributed by atoms with Gasteiger partial charge >= 0.3 is 12.1 Å². The average Bonchev–Trinajstić information content (AvgIpc) is 2.89. The third-order valence-corrected chi connectivity index (χ3v) is 3.79. The highest BCUT2D eigenvalue weighted by atomic mass is 16.6. The second-order valence-electron chi connectivity index (χ2n) is 6.67. The number of nitrogens with zero attached hydrogens (tertiary/aromatic N) is 1. The van der Waals surface area contributed by atoms with E-state index in [9.17, 15) is 9.59 Å². The summed E-state index contributed by atoms with van der Waals surface area (Å²) in [6.45, 7) is 9.27. The number of hydrogen-bond acceptors (Lipinski definition) is 6. The topological polar surface area (TPSA) is 86.2 Å². The highest BCUT2D eigenvalue weighted by Gasteiger charge is 2.53. The van der Waals surface area contributed by atoms with E-state index in [0.29, 0.717) is 13.0 Å². The first kappa shape index (κ1) is 16.6. The van der Waals surface area contributed by atoms with Crippen molar-refractivity contribution in [2.24, 2.45) is 17.0 Å². The Morgan fingerprint density at radius 2 is 2.09 bits per heavy atom. The summed E-state index contributed by atoms with van der Waals surface area (Å²) in [5, 5.41) is 6.77. The normalized spacial score (nSPS) is 30.1. The second kappa shape index (κ2) is 6.14. The predicted octanol–water partition coefficient (Wildman–Crippen LogP) is 1.85. The Bertz CT molecular complexity index is 483. The van der Waals surface area contributed by atoms with Crippen LogP contribution in [0.25, 0.3) is 0 Å². The molecule has 0 aromatic heterocycles. The fraction of sp³-hybridized carbons (Fsp3) is 0.800. The zero-order valence-corrected chi connectivity index (χ0v) is 13.7. The summed E-state index contributed by atoms with van der Waals surface area (Å²) in [5.41, 5.74) is 0.175. The Morgan fingerprint density at radius 3 is 2.68 bits per heavy atom. The molecule has 4 atom stereocenters. The van der Waals surface area contributed by atoms with Crippen molar-refractivity contribution in [1.82, 2.24) is 5.32 Å². The van der Waals surface area contributed by atoms with Crippen LogP contribution < -0.4 is 5.32 Å². The zero-order valence-electron chi connectivity index (χ0n) is 13.7. The number of carbonyl (C=O) groups excluding carboxylic acids is 2. The minimum atomic E-state index is -0.600. The van der Waals surface area contributed by atoms with Crippen LogP contribution in [0.3, 0.4) is 0 Å². The fourth-order valence-electron chi connectivity index (χ4n) is 3.00. The van der Waals surface area contributed by atoms with E-state index in [0.717, 1.165) is 5.71 Å². The average molecular weight is 312 g/mol. The van der Waals surface area contributed by atoms with Gasteiger partial charge in [0.15, 0.2) is 0 Å². The number of rotatable bonds is 3. The highest BCUT2D eigenvalue weighted by molar-refractivity contribution is 5.89. The predicted molar refractivity (Wildman–Crippen MR) is 79.4 cm³/mol. The first-order valence-electron chi connectivity index (χ1n) is 7.59. The summed E-state index contributed by atoms with van der Waals surface area (Å²) in [6, 6.07) is -0.426. The number of esters is 1. The number of amides is 1. The number of fused-ring (bicyclic) bond motifs is 1. The minimum absolute atomic E-state index is 0.123. The maximum absolute atomic E-state index is 12.2. The molecule has 1 aliphatic carbocycles. The number of carbonyl (C=O) groups is 2. The van der Waals surface area contributed by atoms with E-state index in [-0.39, 0.29) is 18.0 Å². The van der Waals surface area contributed by atoms with Crippen molar-refractivity contribution in [3.05, 3.63) is 0 Å². The van der Waals surface area contributed by atoms with Crippen LogP contribution in [0, 0.1) is 11.8 Å². The van der Waals surface area contributed by atoms with Gasteiger partial charge in [-0.05, 0) is 34.6 Å². The van der Waals surface area contributed by atoms with Crippen LogP contribution in [0.2, 0.25) is 0 Å². The molecule has 1 aliphatic heterocycles. The van der Waals surface area contributed by atoms with Crippen LogP contribution >= 0.6 is 0 Å². The molecule has 1 amide bonds. The third-order valence-electron chi connectivity index (χ3n) is 3.79. The molecule has 1 unspecified atom stereocenters. The Balaban J connectivity index is 2.13. The molecular formula is C15H24N2O5. The first-order valence-corrected chi connectivity index (χ1v) is 7.59. The maximum Gasteiger partial charge on any atom is 0.407 e. The van der Waals surface area contributed by atoms with Gasteiger partial charge in [0.1, 0.15) is 11.7 Å². The zero-order chi connectivity index (χ0) is 16.5. The van der Waals surface area contributed by atoms with Gasteiger partial charge in [-0.3, -0.25) is 4.79 Å². The third kappa shape index (κ3) is 3.51. The lowest BCUT2D eigenvalue weighted by Crippen LogP contribution is -2.48. The van der Waals surface area contributed by atoms with Crippen LogP contribution in [0.1, 0.15) is 41.0 Å². The lowest BCUT2D eigenvalue weighted by atomic mass is 9.94. The summed E-state index contributed by atoms with van der Waals surface area (Å²) >= 11 is 0. The van der Waals surface area contributed by atoms with E-state index in [4.69, 9.17) is 14.3 Å². The quantitative estimate of drug-likeness (QED) is 0.804. The van der Waals surface area contributed by atoms with Crippen molar-refractivity contribution >= 4 is 17.8 Å². The van der Waals surface area contributed by atoms with E-state index in [2.05, 4.69) is 10.5 Å². The summed E-state index contributed by atoms with van der Waals surface area (Å²) in [7, 11) is 0. The van der Waals surface area contributed by atoms with Crippen molar-refractivity contribution in [2.45, 2.75) is 58.8 Å². The minimum Gasteiger partial charge on any atom is -0.466 e. The molecule has 1 heterocycles. The van der Waals surface area contributed by atoms with Crippen molar-refractivity contribution in [3.63, 3.8) is 0 Å². The van der Waals surface area contributed by atoms with Gasteiger partial charge in [-0.1, -0.05) is 5.16 Å². The molecule has 2 aliphatic rings. The molecule has 0 spiro atoms. The molecule has 0 saturated heterocycles. The van der Waals surface area contributed by atoms with Gasteiger partial charge in [-0.25, -0.2) is 4.79 Å². The van der Waals surface area contributed by atoms with E-state index < -0.39 is 23.7 Å². The van der Waals surface area contributed by atoms with E-state index in [1.54, 1.807) is 27.7 Å². The Hall–Kier alpha value is -1.79. The highest BCUT2D eigenvalue weighted by Crippen LogP contribution is 2.39. The number of alkyl carbamates (subject to hydrolysis) is 1. The molecule has 0 radical (unpaired) electrons. The molecule has 2 rings (SSSR count). The molecule has 1 N–H and O–H groups in total. The van der Waals surface area contributed by atoms with Crippen molar-refractivity contribution in [2.75, 3.05) is 6.61 Å². The maximum atomic E-state index is 12.2. The van der Waals surface area contributed by atoms with Crippen molar-refractivity contribution in [3.8, 4) is 0 Å². The molecule has 7 heteroatoms. The molecule has 1 saturated carbocycles. The van der Waals surface area contributed by atoms with E-state index >= 15 is 0 Å². The first-order chi connectivity index (χ1) is 10.2. The van der Waals surface area contributed by atoms with Gasteiger partial charge in [0.2, 0.25) is 0 Å². The number of hydrogen-bond donors (Lipinski definition) is 1. The van der Waals surface area contributed by atoms with Crippen LogP contribution in [-0.4, -0.2) is 42.1 Å². The van der Waals surface area contributed by atoms with Crippen LogP contribution in [-0.2, 0) is 19.1 Å². The largest absolute Gasteiger partial charge is 0.466 e. The van der Waals surface area contributed by atoms with Gasteiger partial charge in [0.05, 0.1) is 30.2 Å². The van der Waals surface area contributed by atoms with Crippen LogP contribution in [0.5, 0.6) is 0 Å². The molecule has 7 nitrogen and oxygen atoms in total. The molecule has 1 fully saturated rings. The van der Waals surface area contributed by atoms with Gasteiger partial charge < -0.3 is 19.6 Å². The monoisotopic (exact) mass is 312 g/mol. The summed E-state index contributed by atoms with van der Waals surface area (Å²) < 4.78 is 10.4. The lowest BCUT2D eigenvalue weighted by Gasteiger charge is -2.26. The van der Waals surface area contributed by atoms with Gasteiger partial charge in [-0.15, -0.1) is 0 Å². The lowest BCUT2D eigenvalue weighted by molar-refractivity contribution is -0.148. The molecule has 124 valence electrons. The van der Waals surface area contributed by atoms with Crippen LogP contribution in [0.4, 0.5) is 4.79 Å². The Morgan fingerprint density at radius 1 is 1.41 bits per heavy atom. The van der Waals surface area contributed by atoms with E-state index in [1.165, 1.54) is 0 Å². The van der Waals surface area contributed by atoms with Gasteiger partial charge in [-0.2, -0.15) is 0 Å². The molecule has 22 heavy (non-hydrogen) atoms. The number of ether oxygens (including phenoxy) is 2. The molecule has 0 bridgehead atoms. The van der Waals surface area contributed by atoms with Gasteiger partial charge in [0.25, 0.3) is 0 Å². The fourth-order valence-corrected chi connectivity index (χ4v) is 3.00.